The van der Waals surface area contributed by atoms with Gasteiger partial charge in [0.15, 0.2) is 0 Å². The van der Waals surface area contributed by atoms with Gasteiger partial charge < -0.3 is 11.1 Å². The molecule has 0 spiro atoms. The van der Waals surface area contributed by atoms with Crippen molar-refractivity contribution in [1.82, 2.24) is 5.32 Å². The molecule has 96 valence electrons. The number of hydrogen-bond acceptors (Lipinski definition) is 2. The minimum Gasteiger partial charge on any atom is -0.328 e. The van der Waals surface area contributed by atoms with Crippen molar-refractivity contribution in [2.45, 2.75) is 52.6 Å². The molecule has 0 amide bonds. The van der Waals surface area contributed by atoms with Crippen LogP contribution in [0.3, 0.4) is 0 Å². The van der Waals surface area contributed by atoms with Gasteiger partial charge in [0.25, 0.3) is 0 Å². The van der Waals surface area contributed by atoms with E-state index in [1.54, 1.807) is 0 Å². The summed E-state index contributed by atoms with van der Waals surface area (Å²) in [5.74, 6) is 0.596. The van der Waals surface area contributed by atoms with Crippen LogP contribution in [-0.2, 0) is 6.54 Å². The summed E-state index contributed by atoms with van der Waals surface area (Å²) in [5.41, 5.74) is 9.91. The van der Waals surface area contributed by atoms with Crippen molar-refractivity contribution < 1.29 is 0 Å². The first kappa shape index (κ1) is 14.2. The summed E-state index contributed by atoms with van der Waals surface area (Å²) in [4.78, 5) is 0. The van der Waals surface area contributed by atoms with Crippen molar-refractivity contribution in [1.29, 1.82) is 0 Å². The fraction of sp³-hybridized carbons (Fsp3) is 0.600. The summed E-state index contributed by atoms with van der Waals surface area (Å²) in [6.07, 6.45) is 1.03. The molecule has 0 saturated carbocycles. The van der Waals surface area contributed by atoms with Gasteiger partial charge in [0.2, 0.25) is 0 Å². The van der Waals surface area contributed by atoms with Crippen LogP contribution in [0.4, 0.5) is 0 Å². The molecule has 1 aromatic rings. The third kappa shape index (κ3) is 4.88. The highest BCUT2D eigenvalue weighted by molar-refractivity contribution is 5.32. The first-order valence-electron chi connectivity index (χ1n) is 6.56. The maximum atomic E-state index is 5.73. The maximum absolute atomic E-state index is 5.73. The molecule has 2 heteroatoms. The third-order valence-electron chi connectivity index (χ3n) is 3.13. The quantitative estimate of drug-likeness (QED) is 0.743. The Bertz CT molecular complexity index is 343. The van der Waals surface area contributed by atoms with E-state index in [1.165, 1.54) is 16.7 Å². The van der Waals surface area contributed by atoms with Crippen molar-refractivity contribution in [3.8, 4) is 0 Å². The number of aryl methyl sites for hydroxylation is 1. The standard InChI is InChI=1S/C15H26N2/c1-11(2)14-6-5-12(3)15(9-14)10-17-8-7-13(4)16/h5-6,9,11,13,17H,7-8,10,16H2,1-4H3. The summed E-state index contributed by atoms with van der Waals surface area (Å²) >= 11 is 0. The van der Waals surface area contributed by atoms with E-state index in [0.717, 1.165) is 19.5 Å². The van der Waals surface area contributed by atoms with Crippen molar-refractivity contribution >= 4 is 0 Å². The van der Waals surface area contributed by atoms with E-state index in [1.807, 2.05) is 6.92 Å². The minimum atomic E-state index is 0.283. The molecule has 0 bridgehead atoms. The molecule has 0 fully saturated rings. The van der Waals surface area contributed by atoms with E-state index in [-0.39, 0.29) is 6.04 Å². The molecule has 0 saturated heterocycles. The summed E-state index contributed by atoms with van der Waals surface area (Å²) < 4.78 is 0. The molecule has 0 heterocycles. The lowest BCUT2D eigenvalue weighted by Crippen LogP contribution is -2.23. The van der Waals surface area contributed by atoms with Gasteiger partial charge in [-0.1, -0.05) is 32.0 Å². The number of nitrogens with two attached hydrogens (primary N) is 1. The zero-order valence-corrected chi connectivity index (χ0v) is 11.6. The van der Waals surface area contributed by atoms with E-state index >= 15 is 0 Å². The predicted octanol–water partition coefficient (Wildman–Crippen LogP) is 2.95. The summed E-state index contributed by atoms with van der Waals surface area (Å²) in [6.45, 7) is 10.6. The van der Waals surface area contributed by atoms with Gasteiger partial charge in [-0.2, -0.15) is 0 Å². The van der Waals surface area contributed by atoms with Crippen LogP contribution in [0.1, 0.15) is 49.8 Å². The first-order chi connectivity index (χ1) is 8.00. The van der Waals surface area contributed by atoms with E-state index < -0.39 is 0 Å². The van der Waals surface area contributed by atoms with Crippen LogP contribution in [0.2, 0.25) is 0 Å². The van der Waals surface area contributed by atoms with Crippen LogP contribution in [0, 0.1) is 6.92 Å². The molecule has 2 nitrogen and oxygen atoms in total. The summed E-state index contributed by atoms with van der Waals surface area (Å²) in [7, 11) is 0. The largest absolute Gasteiger partial charge is 0.328 e. The van der Waals surface area contributed by atoms with Crippen LogP contribution in [0.25, 0.3) is 0 Å². The second-order valence-electron chi connectivity index (χ2n) is 5.28. The molecule has 1 aromatic carbocycles. The second-order valence-corrected chi connectivity index (χ2v) is 5.28. The average molecular weight is 234 g/mol. The Balaban J connectivity index is 2.54. The Morgan fingerprint density at radius 2 is 1.94 bits per heavy atom. The van der Waals surface area contributed by atoms with Crippen LogP contribution < -0.4 is 11.1 Å². The van der Waals surface area contributed by atoms with Gasteiger partial charge in [0.05, 0.1) is 0 Å². The van der Waals surface area contributed by atoms with Gasteiger partial charge in [-0.15, -0.1) is 0 Å². The minimum absolute atomic E-state index is 0.283. The molecule has 17 heavy (non-hydrogen) atoms. The summed E-state index contributed by atoms with van der Waals surface area (Å²) in [5, 5.41) is 3.46. The number of benzene rings is 1. The molecule has 1 rings (SSSR count). The predicted molar refractivity (Wildman–Crippen MR) is 75.2 cm³/mol. The fourth-order valence-electron chi connectivity index (χ4n) is 1.79. The number of rotatable bonds is 6. The molecular weight excluding hydrogens is 208 g/mol. The maximum Gasteiger partial charge on any atom is 0.0208 e. The topological polar surface area (TPSA) is 38.0 Å². The summed E-state index contributed by atoms with van der Waals surface area (Å²) in [6, 6.07) is 7.05. The normalized spacial score (nSPS) is 13.1. The zero-order chi connectivity index (χ0) is 12.8. The SMILES string of the molecule is Cc1ccc(C(C)C)cc1CNCCC(C)N. The van der Waals surface area contributed by atoms with E-state index in [0.29, 0.717) is 5.92 Å². The van der Waals surface area contributed by atoms with Gasteiger partial charge in [-0.3, -0.25) is 0 Å². The van der Waals surface area contributed by atoms with E-state index in [4.69, 9.17) is 5.73 Å². The molecular formula is C15H26N2. The van der Waals surface area contributed by atoms with Gasteiger partial charge in [-0.25, -0.2) is 0 Å². The highest BCUT2D eigenvalue weighted by atomic mass is 14.9. The lowest BCUT2D eigenvalue weighted by Gasteiger charge is -2.12. The lowest BCUT2D eigenvalue weighted by molar-refractivity contribution is 0.588. The Morgan fingerprint density at radius 1 is 1.24 bits per heavy atom. The third-order valence-corrected chi connectivity index (χ3v) is 3.13. The van der Waals surface area contributed by atoms with Crippen molar-refractivity contribution in [3.05, 3.63) is 34.9 Å². The van der Waals surface area contributed by atoms with E-state index in [9.17, 15) is 0 Å². The van der Waals surface area contributed by atoms with Crippen LogP contribution in [0.5, 0.6) is 0 Å². The van der Waals surface area contributed by atoms with Crippen molar-refractivity contribution in [2.75, 3.05) is 6.54 Å². The first-order valence-corrected chi connectivity index (χ1v) is 6.56. The molecule has 3 N–H and O–H groups in total. The number of nitrogens with one attached hydrogen (secondary N) is 1. The molecule has 0 radical (unpaired) electrons. The molecule has 0 aliphatic heterocycles. The van der Waals surface area contributed by atoms with E-state index in [2.05, 4.69) is 44.3 Å². The van der Waals surface area contributed by atoms with Crippen LogP contribution in [-0.4, -0.2) is 12.6 Å². The Morgan fingerprint density at radius 3 is 2.53 bits per heavy atom. The molecule has 1 unspecified atom stereocenters. The van der Waals surface area contributed by atoms with Crippen LogP contribution >= 0.6 is 0 Å². The Hall–Kier alpha value is -0.860. The van der Waals surface area contributed by atoms with Gasteiger partial charge in [0.1, 0.15) is 0 Å². The Kier molecular flexibility index (Phi) is 5.66. The highest BCUT2D eigenvalue weighted by Crippen LogP contribution is 2.18. The van der Waals surface area contributed by atoms with Crippen molar-refractivity contribution in [2.24, 2.45) is 5.73 Å². The monoisotopic (exact) mass is 234 g/mol. The van der Waals surface area contributed by atoms with Crippen molar-refractivity contribution in [3.63, 3.8) is 0 Å². The molecule has 0 aromatic heterocycles. The average Bonchev–Trinajstić information content (AvgIpc) is 2.25. The van der Waals surface area contributed by atoms with Gasteiger partial charge in [0, 0.05) is 12.6 Å². The zero-order valence-electron chi connectivity index (χ0n) is 11.6. The van der Waals surface area contributed by atoms with Gasteiger partial charge in [-0.05, 0) is 49.4 Å². The lowest BCUT2D eigenvalue weighted by atomic mass is 9.98. The fourth-order valence-corrected chi connectivity index (χ4v) is 1.79. The molecule has 0 aliphatic rings. The molecule has 1 atom stereocenters. The Labute approximate surface area is 106 Å². The van der Waals surface area contributed by atoms with Crippen LogP contribution in [0.15, 0.2) is 18.2 Å². The highest BCUT2D eigenvalue weighted by Gasteiger charge is 2.03. The molecule has 0 aliphatic carbocycles. The smallest absolute Gasteiger partial charge is 0.0208 e. The second kappa shape index (κ2) is 6.77. The number of hydrogen-bond donors (Lipinski definition) is 2. The van der Waals surface area contributed by atoms with Gasteiger partial charge >= 0.3 is 0 Å².